The van der Waals surface area contributed by atoms with E-state index in [0.717, 1.165) is 37.9 Å². The zero-order valence-corrected chi connectivity index (χ0v) is 26.6. The highest BCUT2D eigenvalue weighted by atomic mass is 79.9. The van der Waals surface area contributed by atoms with Crippen molar-refractivity contribution in [1.82, 2.24) is 0 Å². The van der Waals surface area contributed by atoms with Gasteiger partial charge in [-0.15, -0.1) is 0 Å². The summed E-state index contributed by atoms with van der Waals surface area (Å²) in [5.74, 6) is -0.405. The lowest BCUT2D eigenvalue weighted by molar-refractivity contribution is 0.426. The van der Waals surface area contributed by atoms with E-state index in [1.165, 1.54) is 6.07 Å². The lowest BCUT2D eigenvalue weighted by Crippen LogP contribution is -2.29. The van der Waals surface area contributed by atoms with Crippen molar-refractivity contribution in [3.05, 3.63) is 186 Å². The lowest BCUT2D eigenvalue weighted by atomic mass is 9.80. The average Bonchev–Trinajstić information content (AvgIpc) is 3.09. The van der Waals surface area contributed by atoms with Crippen LogP contribution in [0.25, 0.3) is 45.5 Å². The Bertz CT molecular complexity index is 1860. The largest absolute Gasteiger partial charge is 0.488 e. The summed E-state index contributed by atoms with van der Waals surface area (Å²) in [4.78, 5) is 0. The minimum Gasteiger partial charge on any atom is -0.423 e. The van der Waals surface area contributed by atoms with E-state index in [1.54, 1.807) is 48.6 Å². The summed E-state index contributed by atoms with van der Waals surface area (Å²) in [6.07, 6.45) is 3.50. The van der Waals surface area contributed by atoms with Gasteiger partial charge in [-0.1, -0.05) is 176 Å². The van der Waals surface area contributed by atoms with E-state index in [4.69, 9.17) is 10.0 Å². The number of rotatable bonds is 6. The van der Waals surface area contributed by atoms with Crippen LogP contribution in [0.5, 0.6) is 0 Å². The van der Waals surface area contributed by atoms with Gasteiger partial charge in [-0.2, -0.15) is 0 Å². The van der Waals surface area contributed by atoms with Crippen LogP contribution in [0.1, 0.15) is 18.6 Å². The second kappa shape index (κ2) is 18.3. The summed E-state index contributed by atoms with van der Waals surface area (Å²) in [5.41, 5.74) is 7.45. The molecule has 0 heterocycles. The topological polar surface area (TPSA) is 40.5 Å². The van der Waals surface area contributed by atoms with Crippen LogP contribution >= 0.6 is 15.9 Å². The van der Waals surface area contributed by atoms with Gasteiger partial charge >= 0.3 is 7.12 Å². The summed E-state index contributed by atoms with van der Waals surface area (Å²) in [5, 5.41) is 17.4. The lowest BCUT2D eigenvalue weighted by Gasteiger charge is -2.07. The van der Waals surface area contributed by atoms with Crippen molar-refractivity contribution in [2.45, 2.75) is 7.43 Å². The number of hydrogen-bond donors (Lipinski definition) is 2. The predicted molar refractivity (Wildman–Crippen MR) is 200 cm³/mol. The van der Waals surface area contributed by atoms with Gasteiger partial charge in [0.2, 0.25) is 0 Å². The van der Waals surface area contributed by atoms with E-state index in [1.807, 2.05) is 103 Å². The Morgan fingerprint density at radius 2 is 0.936 bits per heavy atom. The van der Waals surface area contributed by atoms with Crippen LogP contribution < -0.4 is 5.46 Å². The average molecular weight is 689 g/mol. The first-order valence-corrected chi connectivity index (χ1v) is 15.2. The first-order chi connectivity index (χ1) is 22.3. The monoisotopic (exact) mass is 688 g/mol. The fraction of sp³-hybridized carbons (Fsp3) is 0.0244. The van der Waals surface area contributed by atoms with Gasteiger partial charge < -0.3 is 10.0 Å². The summed E-state index contributed by atoms with van der Waals surface area (Å²) >= 11 is 3.23. The molecular weight excluding hydrogens is 653 g/mol. The SMILES string of the molecule is C.C=Cc1ccc(-c2ccc(-c3ccccc3)c(F)c2)cc1.C=Cc1ccc(B(O)O)cc1.Fc1cc(Br)ccc1-c1ccccc1. The highest BCUT2D eigenvalue weighted by molar-refractivity contribution is 9.10. The Hall–Kier alpha value is -4.88. The van der Waals surface area contributed by atoms with Crippen LogP contribution in [0.4, 0.5) is 8.78 Å². The van der Waals surface area contributed by atoms with Crippen LogP contribution in [0.15, 0.2) is 163 Å². The second-order valence-electron chi connectivity index (χ2n) is 10.1. The van der Waals surface area contributed by atoms with E-state index < -0.39 is 7.12 Å². The molecule has 236 valence electrons. The smallest absolute Gasteiger partial charge is 0.423 e. The predicted octanol–water partition coefficient (Wildman–Crippen LogP) is 10.7. The fourth-order valence-corrected chi connectivity index (χ4v) is 4.84. The van der Waals surface area contributed by atoms with Crippen LogP contribution in [-0.4, -0.2) is 17.2 Å². The minimum atomic E-state index is -1.38. The van der Waals surface area contributed by atoms with Gasteiger partial charge in [0.25, 0.3) is 0 Å². The summed E-state index contributed by atoms with van der Waals surface area (Å²) < 4.78 is 28.6. The first kappa shape index (κ1) is 36.6. The molecule has 0 aliphatic heterocycles. The fourth-order valence-electron chi connectivity index (χ4n) is 4.50. The van der Waals surface area contributed by atoms with Gasteiger partial charge in [-0.3, -0.25) is 0 Å². The molecule has 0 amide bonds. The van der Waals surface area contributed by atoms with Gasteiger partial charge in [-0.05, 0) is 57.0 Å². The molecule has 0 aliphatic rings. The minimum absolute atomic E-state index is 0. The van der Waals surface area contributed by atoms with Crippen LogP contribution in [0.2, 0.25) is 0 Å². The van der Waals surface area contributed by atoms with Gasteiger partial charge in [0, 0.05) is 15.6 Å². The summed E-state index contributed by atoms with van der Waals surface area (Å²) in [6.45, 7) is 7.31. The van der Waals surface area contributed by atoms with Crippen molar-refractivity contribution < 1.29 is 18.8 Å². The van der Waals surface area contributed by atoms with E-state index >= 15 is 0 Å². The third kappa shape index (κ3) is 10.6. The van der Waals surface area contributed by atoms with Gasteiger partial charge in [0.1, 0.15) is 11.6 Å². The molecule has 47 heavy (non-hydrogen) atoms. The first-order valence-electron chi connectivity index (χ1n) is 14.5. The number of benzene rings is 6. The zero-order valence-electron chi connectivity index (χ0n) is 25.0. The highest BCUT2D eigenvalue weighted by Crippen LogP contribution is 2.28. The molecular formula is C41H36BBrF2O2. The Morgan fingerprint density at radius 1 is 0.511 bits per heavy atom. The summed E-state index contributed by atoms with van der Waals surface area (Å²) in [7, 11) is -1.38. The van der Waals surface area contributed by atoms with Crippen molar-refractivity contribution in [3.8, 4) is 33.4 Å². The van der Waals surface area contributed by atoms with Gasteiger partial charge in [-0.25, -0.2) is 8.78 Å². The summed E-state index contributed by atoms with van der Waals surface area (Å²) in [6, 6.07) is 44.3. The molecule has 0 fully saturated rings. The van der Waals surface area contributed by atoms with Crippen molar-refractivity contribution in [2.75, 3.05) is 0 Å². The molecule has 6 rings (SSSR count). The molecule has 6 aromatic carbocycles. The quantitative estimate of drug-likeness (QED) is 0.171. The van der Waals surface area contributed by atoms with Crippen molar-refractivity contribution in [3.63, 3.8) is 0 Å². The molecule has 2 nitrogen and oxygen atoms in total. The van der Waals surface area contributed by atoms with Crippen molar-refractivity contribution >= 4 is 40.7 Å². The maximum absolute atomic E-state index is 14.4. The zero-order chi connectivity index (χ0) is 32.9. The molecule has 0 spiro atoms. The van der Waals surface area contributed by atoms with E-state index in [2.05, 4.69) is 29.1 Å². The molecule has 0 radical (unpaired) electrons. The second-order valence-corrected chi connectivity index (χ2v) is 11.0. The molecule has 6 aromatic rings. The van der Waals surface area contributed by atoms with Crippen LogP contribution in [0, 0.1) is 11.6 Å². The molecule has 0 atom stereocenters. The van der Waals surface area contributed by atoms with E-state index in [0.29, 0.717) is 16.6 Å². The Labute approximate surface area is 285 Å². The van der Waals surface area contributed by atoms with Gasteiger partial charge in [0.15, 0.2) is 0 Å². The Balaban J connectivity index is 0.000000201. The molecule has 0 bridgehead atoms. The van der Waals surface area contributed by atoms with E-state index in [-0.39, 0.29) is 19.1 Å². The molecule has 0 aliphatic carbocycles. The molecule has 6 heteroatoms. The normalized spacial score (nSPS) is 9.81. The molecule has 0 unspecified atom stereocenters. The molecule has 0 saturated heterocycles. The molecule has 0 aromatic heterocycles. The standard InChI is InChI=1S/C20H15F.C12H8BrF.C8H9BO2.CH4/c1-2-15-8-10-16(11-9-15)18-12-13-19(20(21)14-18)17-6-4-3-5-7-17;13-10-6-7-11(12(14)8-10)9-4-2-1-3-5-9;1-2-7-3-5-8(6-4-7)9(10)11;/h2-14H,1H2;1-8H;2-6,10-11H,1H2;1H4. The van der Waals surface area contributed by atoms with Crippen molar-refractivity contribution in [2.24, 2.45) is 0 Å². The van der Waals surface area contributed by atoms with Crippen LogP contribution in [0.3, 0.4) is 0 Å². The third-order valence-electron chi connectivity index (χ3n) is 7.02. The number of halogens is 3. The maximum Gasteiger partial charge on any atom is 0.488 e. The molecule has 0 saturated carbocycles. The van der Waals surface area contributed by atoms with E-state index in [9.17, 15) is 8.78 Å². The third-order valence-corrected chi connectivity index (χ3v) is 7.51. The molecule has 2 N–H and O–H groups in total. The maximum atomic E-state index is 14.4. The van der Waals surface area contributed by atoms with Gasteiger partial charge in [0.05, 0.1) is 0 Å². The Kier molecular flexibility index (Phi) is 14.3. The van der Waals surface area contributed by atoms with Crippen LogP contribution in [-0.2, 0) is 0 Å². The number of hydrogen-bond acceptors (Lipinski definition) is 2. The Morgan fingerprint density at radius 3 is 1.36 bits per heavy atom. The van der Waals surface area contributed by atoms with Crippen molar-refractivity contribution in [1.29, 1.82) is 0 Å². The highest BCUT2D eigenvalue weighted by Gasteiger charge is 2.09.